The molecule has 2 aromatic heterocycles. The summed E-state index contributed by atoms with van der Waals surface area (Å²) in [7, 11) is 0. The number of piperazine rings is 1. The van der Waals surface area contributed by atoms with Crippen molar-refractivity contribution in [2.45, 2.75) is 6.54 Å². The molecule has 0 spiro atoms. The van der Waals surface area contributed by atoms with Gasteiger partial charge in [-0.25, -0.2) is 9.97 Å². The molecule has 0 bridgehead atoms. The molecule has 0 amide bonds. The average molecular weight is 361 g/mol. The third-order valence-corrected chi connectivity index (χ3v) is 5.50. The first-order valence-corrected chi connectivity index (χ1v) is 9.53. The van der Waals surface area contributed by atoms with E-state index in [2.05, 4.69) is 38.4 Å². The predicted octanol–water partition coefficient (Wildman–Crippen LogP) is 3.40. The van der Waals surface area contributed by atoms with Crippen molar-refractivity contribution in [3.63, 3.8) is 0 Å². The van der Waals surface area contributed by atoms with Gasteiger partial charge in [-0.2, -0.15) is 5.26 Å². The Morgan fingerprint density at radius 2 is 1.85 bits per heavy atom. The Labute approximate surface area is 157 Å². The number of anilines is 1. The summed E-state index contributed by atoms with van der Waals surface area (Å²) in [4.78, 5) is 13.7. The summed E-state index contributed by atoms with van der Waals surface area (Å²) in [6.45, 7) is 4.81. The second-order valence-corrected chi connectivity index (χ2v) is 7.14. The van der Waals surface area contributed by atoms with Crippen LogP contribution in [0.5, 0.6) is 0 Å². The Kier molecular flexibility index (Phi) is 4.91. The van der Waals surface area contributed by atoms with Crippen LogP contribution in [0.2, 0.25) is 0 Å². The Morgan fingerprint density at radius 1 is 1.04 bits per heavy atom. The predicted molar refractivity (Wildman–Crippen MR) is 104 cm³/mol. The highest BCUT2D eigenvalue weighted by molar-refractivity contribution is 7.13. The van der Waals surface area contributed by atoms with Gasteiger partial charge in [0.1, 0.15) is 16.8 Å². The van der Waals surface area contributed by atoms with Crippen LogP contribution in [0, 0.1) is 11.3 Å². The van der Waals surface area contributed by atoms with Crippen LogP contribution in [0.3, 0.4) is 0 Å². The van der Waals surface area contributed by atoms with Gasteiger partial charge in [0.15, 0.2) is 0 Å². The molecule has 1 aliphatic rings. The van der Waals surface area contributed by atoms with E-state index in [-0.39, 0.29) is 0 Å². The molecule has 0 radical (unpaired) electrons. The molecule has 3 heterocycles. The van der Waals surface area contributed by atoms with Crippen LogP contribution in [-0.4, -0.2) is 41.0 Å². The normalized spacial score (nSPS) is 15.0. The standard InChI is InChI=1S/C20H19N5S/c21-12-17-6-7-19(13-22-17)25-10-8-24(9-11-25)14-18-15-26-20(23-18)16-4-2-1-3-5-16/h1-7,13,15H,8-11,14H2. The van der Waals surface area contributed by atoms with E-state index in [4.69, 9.17) is 10.2 Å². The summed E-state index contributed by atoms with van der Waals surface area (Å²) < 4.78 is 0. The van der Waals surface area contributed by atoms with Crippen molar-refractivity contribution in [2.24, 2.45) is 0 Å². The summed E-state index contributed by atoms with van der Waals surface area (Å²) in [5.74, 6) is 0. The van der Waals surface area contributed by atoms with Gasteiger partial charge in [-0.1, -0.05) is 30.3 Å². The molecule has 0 N–H and O–H groups in total. The highest BCUT2D eigenvalue weighted by atomic mass is 32.1. The van der Waals surface area contributed by atoms with Crippen LogP contribution < -0.4 is 4.90 Å². The van der Waals surface area contributed by atoms with E-state index in [1.165, 1.54) is 5.56 Å². The molecule has 5 nitrogen and oxygen atoms in total. The van der Waals surface area contributed by atoms with Crippen molar-refractivity contribution in [3.05, 3.63) is 65.4 Å². The van der Waals surface area contributed by atoms with Crippen molar-refractivity contribution in [2.75, 3.05) is 31.1 Å². The molecule has 130 valence electrons. The molecule has 4 rings (SSSR count). The first-order chi connectivity index (χ1) is 12.8. The van der Waals surface area contributed by atoms with Gasteiger partial charge in [0.05, 0.1) is 17.6 Å². The number of hydrogen-bond donors (Lipinski definition) is 0. The van der Waals surface area contributed by atoms with Gasteiger partial charge in [0.25, 0.3) is 0 Å². The number of thiazole rings is 1. The second-order valence-electron chi connectivity index (χ2n) is 6.29. The maximum atomic E-state index is 8.85. The monoisotopic (exact) mass is 361 g/mol. The summed E-state index contributed by atoms with van der Waals surface area (Å²) in [6, 6.07) is 16.2. The number of benzene rings is 1. The molecule has 0 unspecified atom stereocenters. The molecule has 0 atom stereocenters. The smallest absolute Gasteiger partial charge is 0.140 e. The summed E-state index contributed by atoms with van der Waals surface area (Å²) >= 11 is 1.71. The van der Waals surface area contributed by atoms with Crippen LogP contribution >= 0.6 is 11.3 Å². The quantitative estimate of drug-likeness (QED) is 0.713. The van der Waals surface area contributed by atoms with Crippen LogP contribution in [0.15, 0.2) is 54.0 Å². The van der Waals surface area contributed by atoms with Crippen LogP contribution in [-0.2, 0) is 6.54 Å². The van der Waals surface area contributed by atoms with Gasteiger partial charge >= 0.3 is 0 Å². The number of nitriles is 1. The van der Waals surface area contributed by atoms with E-state index in [0.29, 0.717) is 5.69 Å². The minimum absolute atomic E-state index is 0.463. The zero-order valence-electron chi connectivity index (χ0n) is 14.4. The Hall–Kier alpha value is -2.75. The molecular weight excluding hydrogens is 342 g/mol. The lowest BCUT2D eigenvalue weighted by Crippen LogP contribution is -2.46. The number of aromatic nitrogens is 2. The number of pyridine rings is 1. The number of nitrogens with zero attached hydrogens (tertiary/aromatic N) is 5. The Balaban J connectivity index is 1.34. The van der Waals surface area contributed by atoms with Gasteiger partial charge in [-0.15, -0.1) is 11.3 Å². The van der Waals surface area contributed by atoms with Gasteiger partial charge in [-0.05, 0) is 12.1 Å². The third kappa shape index (κ3) is 3.74. The molecule has 26 heavy (non-hydrogen) atoms. The first kappa shape index (κ1) is 16.7. The van der Waals surface area contributed by atoms with E-state index in [0.717, 1.165) is 49.1 Å². The second kappa shape index (κ2) is 7.65. The maximum Gasteiger partial charge on any atom is 0.140 e. The zero-order valence-corrected chi connectivity index (χ0v) is 15.2. The Bertz CT molecular complexity index is 890. The van der Waals surface area contributed by atoms with Crippen LogP contribution in [0.1, 0.15) is 11.4 Å². The van der Waals surface area contributed by atoms with E-state index in [1.54, 1.807) is 23.6 Å². The van der Waals surface area contributed by atoms with Crippen molar-refractivity contribution in [1.82, 2.24) is 14.9 Å². The minimum Gasteiger partial charge on any atom is -0.368 e. The molecule has 0 saturated carbocycles. The van der Waals surface area contributed by atoms with Gasteiger partial charge in [-0.3, -0.25) is 4.90 Å². The van der Waals surface area contributed by atoms with E-state index < -0.39 is 0 Å². The SMILES string of the molecule is N#Cc1ccc(N2CCN(Cc3csc(-c4ccccc4)n3)CC2)cn1. The van der Waals surface area contributed by atoms with Crippen molar-refractivity contribution in [1.29, 1.82) is 5.26 Å². The third-order valence-electron chi connectivity index (χ3n) is 4.56. The summed E-state index contributed by atoms with van der Waals surface area (Å²) in [5, 5.41) is 12.1. The Morgan fingerprint density at radius 3 is 2.54 bits per heavy atom. The largest absolute Gasteiger partial charge is 0.368 e. The lowest BCUT2D eigenvalue weighted by molar-refractivity contribution is 0.247. The van der Waals surface area contributed by atoms with E-state index in [1.807, 2.05) is 24.3 Å². The average Bonchev–Trinajstić information content (AvgIpc) is 3.18. The lowest BCUT2D eigenvalue weighted by Gasteiger charge is -2.35. The molecule has 1 fully saturated rings. The molecule has 1 aromatic carbocycles. The van der Waals surface area contributed by atoms with Crippen molar-refractivity contribution < 1.29 is 0 Å². The summed E-state index contributed by atoms with van der Waals surface area (Å²) in [5.41, 5.74) is 3.87. The highest BCUT2D eigenvalue weighted by Gasteiger charge is 2.18. The minimum atomic E-state index is 0.463. The van der Waals surface area contributed by atoms with Crippen molar-refractivity contribution in [3.8, 4) is 16.6 Å². The molecule has 3 aromatic rings. The van der Waals surface area contributed by atoms with E-state index in [9.17, 15) is 0 Å². The van der Waals surface area contributed by atoms with Gasteiger partial charge in [0.2, 0.25) is 0 Å². The molecule has 6 heteroatoms. The fourth-order valence-electron chi connectivity index (χ4n) is 3.13. The van der Waals surface area contributed by atoms with Crippen LogP contribution in [0.25, 0.3) is 10.6 Å². The lowest BCUT2D eigenvalue weighted by atomic mass is 10.2. The first-order valence-electron chi connectivity index (χ1n) is 8.65. The van der Waals surface area contributed by atoms with Gasteiger partial charge < -0.3 is 4.90 Å². The molecule has 0 aliphatic carbocycles. The topological polar surface area (TPSA) is 56.1 Å². The van der Waals surface area contributed by atoms with Crippen LogP contribution in [0.4, 0.5) is 5.69 Å². The molecule has 1 aliphatic heterocycles. The fourth-order valence-corrected chi connectivity index (χ4v) is 3.94. The number of rotatable bonds is 4. The van der Waals surface area contributed by atoms with Crippen molar-refractivity contribution >= 4 is 17.0 Å². The maximum absolute atomic E-state index is 8.85. The van der Waals surface area contributed by atoms with Gasteiger partial charge in [0, 0.05) is 43.7 Å². The summed E-state index contributed by atoms with van der Waals surface area (Å²) in [6.07, 6.45) is 1.79. The zero-order chi connectivity index (χ0) is 17.8. The highest BCUT2D eigenvalue weighted by Crippen LogP contribution is 2.24. The molecule has 1 saturated heterocycles. The fraction of sp³-hybridized carbons (Fsp3) is 0.250. The molecular formula is C20H19N5S. The number of hydrogen-bond acceptors (Lipinski definition) is 6. The van der Waals surface area contributed by atoms with E-state index >= 15 is 0 Å².